The van der Waals surface area contributed by atoms with Crippen LogP contribution in [0.25, 0.3) is 0 Å². The first-order chi connectivity index (χ1) is 10.6. The van der Waals surface area contributed by atoms with Crippen LogP contribution in [0.3, 0.4) is 0 Å². The normalized spacial score (nSPS) is 21.0. The van der Waals surface area contributed by atoms with Crippen LogP contribution in [0.1, 0.15) is 16.9 Å². The number of rotatable bonds is 5. The summed E-state index contributed by atoms with van der Waals surface area (Å²) in [6, 6.07) is 10.8. The van der Waals surface area contributed by atoms with Crippen molar-refractivity contribution >= 4 is 33.7 Å². The maximum Gasteiger partial charge on any atom is 0.321 e. The fourth-order valence-electron chi connectivity index (χ4n) is 2.08. The number of hydrogen-bond acceptors (Lipinski definition) is 5. The average Bonchev–Trinajstić information content (AvgIpc) is 3.15. The summed E-state index contributed by atoms with van der Waals surface area (Å²) in [6.45, 7) is 0.335. The van der Waals surface area contributed by atoms with Gasteiger partial charge in [0.05, 0.1) is 0 Å². The first-order valence-corrected chi connectivity index (χ1v) is 8.53. The van der Waals surface area contributed by atoms with E-state index in [-0.39, 0.29) is 5.37 Å². The lowest BCUT2D eigenvalue weighted by molar-refractivity contribution is -0.138. The Kier molecular flexibility index (Phi) is 4.75. The number of carboxylic acids is 1. The van der Waals surface area contributed by atoms with Crippen molar-refractivity contribution in [3.63, 3.8) is 0 Å². The lowest BCUT2D eigenvalue weighted by Crippen LogP contribution is -2.33. The van der Waals surface area contributed by atoms with Crippen LogP contribution in [0.2, 0.25) is 0 Å². The van der Waals surface area contributed by atoms with E-state index in [4.69, 9.17) is 14.3 Å². The van der Waals surface area contributed by atoms with E-state index in [1.165, 1.54) is 11.8 Å². The number of hydrogen-bond donors (Lipinski definition) is 2. The molecular weight excluding hydrogens is 370 g/mol. The Bertz CT molecular complexity index is 658. The molecular formula is C15H14BrNO4S. The maximum absolute atomic E-state index is 10.9. The van der Waals surface area contributed by atoms with Gasteiger partial charge in [-0.2, -0.15) is 0 Å². The molecule has 2 atom stereocenters. The summed E-state index contributed by atoms with van der Waals surface area (Å²) in [6.07, 6.45) is 0. The Balaban J connectivity index is 1.57. The van der Waals surface area contributed by atoms with Crippen LogP contribution in [0, 0.1) is 0 Å². The molecule has 0 radical (unpaired) electrons. The second kappa shape index (κ2) is 6.76. The van der Waals surface area contributed by atoms with Crippen molar-refractivity contribution < 1.29 is 19.1 Å². The molecule has 0 amide bonds. The quantitative estimate of drug-likeness (QED) is 0.823. The van der Waals surface area contributed by atoms with Crippen molar-refractivity contribution in [3.8, 4) is 5.75 Å². The minimum Gasteiger partial charge on any atom is -0.486 e. The monoisotopic (exact) mass is 383 g/mol. The summed E-state index contributed by atoms with van der Waals surface area (Å²) in [5.41, 5.74) is 0. The third kappa shape index (κ3) is 3.66. The van der Waals surface area contributed by atoms with Gasteiger partial charge < -0.3 is 14.3 Å². The Morgan fingerprint density at radius 3 is 2.82 bits per heavy atom. The molecule has 1 fully saturated rings. The number of benzene rings is 1. The summed E-state index contributed by atoms with van der Waals surface area (Å²) in [5, 5.41) is 11.9. The predicted octanol–water partition coefficient (Wildman–Crippen LogP) is 3.41. The molecule has 1 aliphatic heterocycles. The molecule has 0 unspecified atom stereocenters. The molecule has 116 valence electrons. The number of thioether (sulfide) groups is 1. The van der Waals surface area contributed by atoms with E-state index in [0.717, 1.165) is 16.0 Å². The molecule has 22 heavy (non-hydrogen) atoms. The fourth-order valence-corrected chi connectivity index (χ4v) is 3.52. The predicted molar refractivity (Wildman–Crippen MR) is 86.9 cm³/mol. The minimum atomic E-state index is -0.833. The maximum atomic E-state index is 10.9. The highest BCUT2D eigenvalue weighted by molar-refractivity contribution is 9.10. The Morgan fingerprint density at radius 1 is 1.36 bits per heavy atom. The molecule has 1 saturated heterocycles. The van der Waals surface area contributed by atoms with E-state index < -0.39 is 12.0 Å². The largest absolute Gasteiger partial charge is 0.486 e. The van der Waals surface area contributed by atoms with Crippen LogP contribution >= 0.6 is 27.7 Å². The van der Waals surface area contributed by atoms with Gasteiger partial charge in [0.15, 0.2) is 0 Å². The molecule has 0 aliphatic carbocycles. The molecule has 1 aromatic carbocycles. The Labute approximate surface area is 140 Å². The van der Waals surface area contributed by atoms with E-state index in [1.807, 2.05) is 36.4 Å². The zero-order chi connectivity index (χ0) is 15.5. The number of carboxylic acid groups (broad SMARTS) is 1. The molecule has 0 saturated carbocycles. The third-order valence-corrected chi connectivity index (χ3v) is 4.97. The first-order valence-electron chi connectivity index (χ1n) is 6.69. The molecule has 1 aliphatic rings. The molecule has 5 nitrogen and oxygen atoms in total. The van der Waals surface area contributed by atoms with E-state index in [0.29, 0.717) is 18.1 Å². The van der Waals surface area contributed by atoms with Gasteiger partial charge in [-0.3, -0.25) is 10.1 Å². The van der Waals surface area contributed by atoms with Gasteiger partial charge in [0.2, 0.25) is 0 Å². The molecule has 3 rings (SSSR count). The van der Waals surface area contributed by atoms with Gasteiger partial charge in [0.25, 0.3) is 0 Å². The highest BCUT2D eigenvalue weighted by Crippen LogP contribution is 2.34. The molecule has 1 aromatic heterocycles. The number of carbonyl (C=O) groups is 1. The SMILES string of the molecule is O=C(O)[C@H]1CS[C@H](c2ccc(COc3ccc(Br)cc3)o2)N1. The van der Waals surface area contributed by atoms with Gasteiger partial charge in [-0.05, 0) is 36.4 Å². The number of aliphatic carboxylic acids is 1. The smallest absolute Gasteiger partial charge is 0.321 e. The topological polar surface area (TPSA) is 71.7 Å². The number of ether oxygens (including phenoxy) is 1. The Morgan fingerprint density at radius 2 is 2.14 bits per heavy atom. The van der Waals surface area contributed by atoms with Crippen LogP contribution in [0.4, 0.5) is 0 Å². The highest BCUT2D eigenvalue weighted by atomic mass is 79.9. The molecule has 7 heteroatoms. The summed E-state index contributed by atoms with van der Waals surface area (Å²) in [7, 11) is 0. The van der Waals surface area contributed by atoms with E-state index in [1.54, 1.807) is 0 Å². The van der Waals surface area contributed by atoms with Crippen LogP contribution in [-0.2, 0) is 11.4 Å². The standard InChI is InChI=1S/C15H14BrNO4S/c16-9-1-3-10(4-2-9)20-7-11-5-6-13(21-11)14-17-12(8-22-14)15(18)19/h1-6,12,14,17H,7-8H2,(H,18,19)/t12-,14-/m1/s1. The lowest BCUT2D eigenvalue weighted by atomic mass is 10.3. The minimum absolute atomic E-state index is 0.123. The Hall–Kier alpha value is -1.44. The number of halogens is 1. The van der Waals surface area contributed by atoms with Crippen LogP contribution < -0.4 is 10.1 Å². The summed E-state index contributed by atoms with van der Waals surface area (Å²) < 4.78 is 12.4. The van der Waals surface area contributed by atoms with Crippen LogP contribution in [0.15, 0.2) is 45.3 Å². The highest BCUT2D eigenvalue weighted by Gasteiger charge is 2.32. The molecule has 0 spiro atoms. The van der Waals surface area contributed by atoms with Crippen molar-refractivity contribution in [2.45, 2.75) is 18.0 Å². The van der Waals surface area contributed by atoms with Crippen LogP contribution in [-0.4, -0.2) is 22.9 Å². The van der Waals surface area contributed by atoms with E-state index in [2.05, 4.69) is 21.2 Å². The van der Waals surface area contributed by atoms with Crippen molar-refractivity contribution in [2.24, 2.45) is 0 Å². The van der Waals surface area contributed by atoms with Crippen molar-refractivity contribution in [2.75, 3.05) is 5.75 Å². The van der Waals surface area contributed by atoms with Gasteiger partial charge in [-0.1, -0.05) is 15.9 Å². The lowest BCUT2D eigenvalue weighted by Gasteiger charge is -2.08. The molecule has 2 aromatic rings. The van der Waals surface area contributed by atoms with Gasteiger partial charge in [-0.15, -0.1) is 11.8 Å². The summed E-state index contributed by atoms with van der Waals surface area (Å²) in [5.74, 6) is 1.90. The second-order valence-corrected chi connectivity index (χ2v) is 6.87. The third-order valence-electron chi connectivity index (χ3n) is 3.22. The number of furan rings is 1. The van der Waals surface area contributed by atoms with E-state index in [9.17, 15) is 4.79 Å². The molecule has 2 heterocycles. The van der Waals surface area contributed by atoms with E-state index >= 15 is 0 Å². The van der Waals surface area contributed by atoms with Gasteiger partial charge in [0, 0.05) is 10.2 Å². The van der Waals surface area contributed by atoms with Gasteiger partial charge in [0.1, 0.15) is 35.3 Å². The average molecular weight is 384 g/mol. The number of nitrogens with one attached hydrogen (secondary N) is 1. The van der Waals surface area contributed by atoms with Crippen molar-refractivity contribution in [1.29, 1.82) is 0 Å². The summed E-state index contributed by atoms with van der Waals surface area (Å²) in [4.78, 5) is 10.9. The zero-order valence-corrected chi connectivity index (χ0v) is 13.9. The van der Waals surface area contributed by atoms with Gasteiger partial charge in [-0.25, -0.2) is 0 Å². The van der Waals surface area contributed by atoms with Crippen LogP contribution in [0.5, 0.6) is 5.75 Å². The molecule has 2 N–H and O–H groups in total. The zero-order valence-electron chi connectivity index (χ0n) is 11.5. The van der Waals surface area contributed by atoms with Gasteiger partial charge >= 0.3 is 5.97 Å². The summed E-state index contributed by atoms with van der Waals surface area (Å²) >= 11 is 4.90. The molecule has 0 bridgehead atoms. The first kappa shape index (κ1) is 15.5. The second-order valence-electron chi connectivity index (χ2n) is 4.82. The van der Waals surface area contributed by atoms with Crippen molar-refractivity contribution in [1.82, 2.24) is 5.32 Å². The fraction of sp³-hybridized carbons (Fsp3) is 0.267. The van der Waals surface area contributed by atoms with Crippen molar-refractivity contribution in [3.05, 3.63) is 52.4 Å².